The number of amides is 1. The van der Waals surface area contributed by atoms with Crippen molar-refractivity contribution in [2.75, 3.05) is 38.0 Å². The number of hydrogen-bond donors (Lipinski definition) is 2. The van der Waals surface area contributed by atoms with Gasteiger partial charge in [0.1, 0.15) is 11.6 Å². The number of hydroxylamine groups is 1. The second kappa shape index (κ2) is 10.9. The Morgan fingerprint density at radius 2 is 1.88 bits per heavy atom. The van der Waals surface area contributed by atoms with Crippen LogP contribution in [0.15, 0.2) is 42.2 Å². The van der Waals surface area contributed by atoms with Crippen molar-refractivity contribution >= 4 is 22.9 Å². The fourth-order valence-electron chi connectivity index (χ4n) is 4.65. The molecule has 4 aromatic rings. The smallest absolute Gasteiger partial charge is 0.277 e. The second-order valence-electron chi connectivity index (χ2n) is 9.56. The molecule has 2 N–H and O–H groups in total. The predicted molar refractivity (Wildman–Crippen MR) is 143 cm³/mol. The minimum atomic E-state index is -0.651. The van der Waals surface area contributed by atoms with Crippen molar-refractivity contribution in [2.45, 2.75) is 19.8 Å². The van der Waals surface area contributed by atoms with E-state index in [2.05, 4.69) is 20.9 Å². The van der Waals surface area contributed by atoms with Crippen molar-refractivity contribution < 1.29 is 24.2 Å². The molecule has 1 aromatic carbocycles. The molecule has 40 heavy (non-hydrogen) atoms. The first kappa shape index (κ1) is 25.6. The lowest BCUT2D eigenvalue weighted by atomic mass is 10.1. The number of aryl methyl sites for hydroxylation is 1. The summed E-state index contributed by atoms with van der Waals surface area (Å²) in [6.07, 6.45) is 5.94. The molecule has 6 rings (SSSR count). The topological polar surface area (TPSA) is 150 Å². The van der Waals surface area contributed by atoms with Gasteiger partial charge in [0.15, 0.2) is 34.3 Å². The van der Waals surface area contributed by atoms with Crippen molar-refractivity contribution in [2.24, 2.45) is 7.05 Å². The Morgan fingerprint density at radius 3 is 2.65 bits per heavy atom. The minimum Gasteiger partial charge on any atom is -0.454 e. The zero-order valence-corrected chi connectivity index (χ0v) is 22.1. The van der Waals surface area contributed by atoms with E-state index in [-0.39, 0.29) is 12.4 Å². The number of nitrogens with zero attached hydrogens (tertiary/aromatic N) is 7. The number of fused-ring (bicyclic) bond motifs is 2. The summed E-state index contributed by atoms with van der Waals surface area (Å²) >= 11 is 0. The Labute approximate surface area is 229 Å². The molecule has 2 aliphatic heterocycles. The number of carbonyl (C=O) groups excluding carboxylic acids is 1. The monoisotopic (exact) mass is 544 g/mol. The largest absolute Gasteiger partial charge is 0.454 e. The van der Waals surface area contributed by atoms with Gasteiger partial charge in [0.25, 0.3) is 5.91 Å². The number of aromatic nitrogens is 6. The standard InChI is InChI=1S/C27H28N8O5/c1-16(11-21-28-13-18(14-29-21)27(36)33-37)3-6-22-30-23-25(34(22)2)31-24(32-26(23)35-7-9-38-10-8-35)17-4-5-19-20(12-17)40-15-39-19/h3-5,12-14,37H,6-11,15H2,1-2H3,(H,33,36)/b16-3+. The molecule has 3 aromatic heterocycles. The molecule has 1 fully saturated rings. The molecule has 1 amide bonds. The molecule has 0 aliphatic carbocycles. The van der Waals surface area contributed by atoms with Gasteiger partial charge in [-0.05, 0) is 25.1 Å². The van der Waals surface area contributed by atoms with E-state index in [1.54, 1.807) is 5.48 Å². The molecular weight excluding hydrogens is 516 g/mol. The van der Waals surface area contributed by atoms with Crippen LogP contribution in [0.25, 0.3) is 22.6 Å². The van der Waals surface area contributed by atoms with Crippen LogP contribution in [0.4, 0.5) is 5.82 Å². The highest BCUT2D eigenvalue weighted by atomic mass is 16.7. The summed E-state index contributed by atoms with van der Waals surface area (Å²) in [6.45, 7) is 4.89. The van der Waals surface area contributed by atoms with Crippen molar-refractivity contribution in [1.29, 1.82) is 0 Å². The predicted octanol–water partition coefficient (Wildman–Crippen LogP) is 2.24. The van der Waals surface area contributed by atoms with Crippen molar-refractivity contribution in [3.05, 3.63) is 59.5 Å². The summed E-state index contributed by atoms with van der Waals surface area (Å²) in [5.74, 6) is 3.52. The summed E-state index contributed by atoms with van der Waals surface area (Å²) in [6, 6.07) is 5.72. The summed E-state index contributed by atoms with van der Waals surface area (Å²) < 4.78 is 18.6. The van der Waals surface area contributed by atoms with Gasteiger partial charge in [-0.2, -0.15) is 0 Å². The van der Waals surface area contributed by atoms with Crippen LogP contribution >= 0.6 is 0 Å². The molecule has 5 heterocycles. The van der Waals surface area contributed by atoms with E-state index >= 15 is 0 Å². The molecule has 1 saturated heterocycles. The number of nitrogens with one attached hydrogen (secondary N) is 1. The van der Waals surface area contributed by atoms with Crippen LogP contribution in [0.3, 0.4) is 0 Å². The maximum absolute atomic E-state index is 11.5. The van der Waals surface area contributed by atoms with E-state index in [1.165, 1.54) is 12.4 Å². The van der Waals surface area contributed by atoms with Crippen molar-refractivity contribution in [1.82, 2.24) is 35.0 Å². The molecular formula is C27H28N8O5. The molecule has 0 radical (unpaired) electrons. The Bertz CT molecular complexity index is 1600. The SMILES string of the molecule is C/C(=C\Cc1nc2c(N3CCOCC3)nc(-c3ccc4c(c3)OCO4)nc2n1C)Cc1ncc(C(=O)NO)cn1. The summed E-state index contributed by atoms with van der Waals surface area (Å²) in [7, 11) is 1.96. The molecule has 13 nitrogen and oxygen atoms in total. The Kier molecular flexibility index (Phi) is 6.97. The highest BCUT2D eigenvalue weighted by molar-refractivity contribution is 5.92. The summed E-state index contributed by atoms with van der Waals surface area (Å²) in [4.78, 5) is 37.0. The lowest BCUT2D eigenvalue weighted by Crippen LogP contribution is -2.37. The Balaban J connectivity index is 1.30. The van der Waals surface area contributed by atoms with Gasteiger partial charge in [-0.3, -0.25) is 10.0 Å². The normalized spacial score (nSPS) is 15.1. The van der Waals surface area contributed by atoms with Gasteiger partial charge < -0.3 is 23.7 Å². The fourth-order valence-corrected chi connectivity index (χ4v) is 4.65. The molecule has 0 unspecified atom stereocenters. The van der Waals surface area contributed by atoms with E-state index in [9.17, 15) is 4.79 Å². The number of allylic oxidation sites excluding steroid dienone is 2. The van der Waals surface area contributed by atoms with E-state index < -0.39 is 5.91 Å². The maximum atomic E-state index is 11.5. The van der Waals surface area contributed by atoms with Crippen LogP contribution in [-0.4, -0.2) is 73.7 Å². The number of hydrogen-bond acceptors (Lipinski definition) is 11. The quantitative estimate of drug-likeness (QED) is 0.200. The highest BCUT2D eigenvalue weighted by Crippen LogP contribution is 2.36. The van der Waals surface area contributed by atoms with Crippen molar-refractivity contribution in [3.8, 4) is 22.9 Å². The Morgan fingerprint density at radius 1 is 1.10 bits per heavy atom. The number of morpholine rings is 1. The van der Waals surface area contributed by atoms with Crippen LogP contribution in [0.1, 0.15) is 28.9 Å². The van der Waals surface area contributed by atoms with Gasteiger partial charge in [-0.1, -0.05) is 11.6 Å². The summed E-state index contributed by atoms with van der Waals surface area (Å²) in [5.41, 5.74) is 5.13. The average molecular weight is 545 g/mol. The zero-order valence-electron chi connectivity index (χ0n) is 22.1. The molecule has 0 atom stereocenters. The van der Waals surface area contributed by atoms with E-state index in [0.717, 1.165) is 47.0 Å². The molecule has 13 heteroatoms. The minimum absolute atomic E-state index is 0.185. The highest BCUT2D eigenvalue weighted by Gasteiger charge is 2.23. The molecule has 0 bridgehead atoms. The van der Waals surface area contributed by atoms with Crippen molar-refractivity contribution in [3.63, 3.8) is 0 Å². The number of anilines is 1. The lowest BCUT2D eigenvalue weighted by molar-refractivity contribution is 0.0705. The van der Waals surface area contributed by atoms with Crippen LogP contribution in [-0.2, 0) is 24.6 Å². The van der Waals surface area contributed by atoms with Gasteiger partial charge in [0.2, 0.25) is 6.79 Å². The number of rotatable bonds is 7. The zero-order chi connectivity index (χ0) is 27.6. The van der Waals surface area contributed by atoms with Gasteiger partial charge in [-0.15, -0.1) is 0 Å². The van der Waals surface area contributed by atoms with Crippen LogP contribution in [0, 0.1) is 0 Å². The summed E-state index contributed by atoms with van der Waals surface area (Å²) in [5, 5.41) is 8.76. The first-order valence-corrected chi connectivity index (χ1v) is 12.9. The Hall–Kier alpha value is -4.62. The number of benzene rings is 1. The third-order valence-corrected chi connectivity index (χ3v) is 6.87. The van der Waals surface area contributed by atoms with Gasteiger partial charge in [-0.25, -0.2) is 30.4 Å². The van der Waals surface area contributed by atoms with E-state index in [1.807, 2.05) is 36.7 Å². The van der Waals surface area contributed by atoms with E-state index in [4.69, 9.17) is 34.4 Å². The third kappa shape index (κ3) is 5.03. The number of carbonyl (C=O) groups is 1. The first-order valence-electron chi connectivity index (χ1n) is 12.9. The van der Waals surface area contributed by atoms with E-state index in [0.29, 0.717) is 49.2 Å². The van der Waals surface area contributed by atoms with Gasteiger partial charge in [0.05, 0.1) is 18.8 Å². The van der Waals surface area contributed by atoms with Crippen LogP contribution in [0.5, 0.6) is 11.5 Å². The van der Waals surface area contributed by atoms with Crippen LogP contribution in [0.2, 0.25) is 0 Å². The first-order chi connectivity index (χ1) is 19.5. The van der Waals surface area contributed by atoms with Crippen LogP contribution < -0.4 is 19.9 Å². The second-order valence-corrected chi connectivity index (χ2v) is 9.56. The third-order valence-electron chi connectivity index (χ3n) is 6.87. The fraction of sp³-hybridized carbons (Fsp3) is 0.333. The maximum Gasteiger partial charge on any atom is 0.277 e. The van der Waals surface area contributed by atoms with Gasteiger partial charge in [0, 0.05) is 50.9 Å². The molecule has 0 saturated carbocycles. The molecule has 206 valence electrons. The lowest BCUT2D eigenvalue weighted by Gasteiger charge is -2.28. The van der Waals surface area contributed by atoms with Gasteiger partial charge >= 0.3 is 0 Å². The molecule has 2 aliphatic rings. The molecule has 0 spiro atoms. The number of imidazole rings is 1. The average Bonchev–Trinajstić information content (AvgIpc) is 3.59. The number of ether oxygens (including phenoxy) is 3.